The Morgan fingerprint density at radius 1 is 0.931 bits per heavy atom. The molecule has 29 heavy (non-hydrogen) atoms. The number of hydrogen-bond donors (Lipinski definition) is 2. The minimum absolute atomic E-state index is 0.173. The fourth-order valence-corrected chi connectivity index (χ4v) is 3.10. The van der Waals surface area contributed by atoms with E-state index in [9.17, 15) is 22.0 Å². The van der Waals surface area contributed by atoms with Crippen LogP contribution in [0.25, 0.3) is 11.3 Å². The van der Waals surface area contributed by atoms with Crippen LogP contribution in [0.4, 0.5) is 22.0 Å². The first kappa shape index (κ1) is 21.1. The first-order valence-electron chi connectivity index (χ1n) is 8.20. The Morgan fingerprint density at radius 2 is 1.66 bits per heavy atom. The van der Waals surface area contributed by atoms with Gasteiger partial charge in [0.2, 0.25) is 0 Å². The Bertz CT molecular complexity index is 1060. The van der Waals surface area contributed by atoms with Crippen molar-refractivity contribution in [1.82, 2.24) is 9.97 Å². The summed E-state index contributed by atoms with van der Waals surface area (Å²) in [6.45, 7) is -0.206. The molecular formula is C19H14ClF5N4. The van der Waals surface area contributed by atoms with Crippen LogP contribution in [0.5, 0.6) is 0 Å². The summed E-state index contributed by atoms with van der Waals surface area (Å²) in [4.78, 5) is 8.10. The van der Waals surface area contributed by atoms with E-state index in [1.165, 1.54) is 18.2 Å². The summed E-state index contributed by atoms with van der Waals surface area (Å²) in [5.74, 6) is -2.15. The van der Waals surface area contributed by atoms with E-state index in [0.29, 0.717) is 0 Å². The third-order valence-electron chi connectivity index (χ3n) is 4.45. The van der Waals surface area contributed by atoms with Crippen LogP contribution in [0.2, 0.25) is 5.02 Å². The van der Waals surface area contributed by atoms with Crippen molar-refractivity contribution in [1.29, 1.82) is 0 Å². The summed E-state index contributed by atoms with van der Waals surface area (Å²) in [6, 6.07) is 7.69. The van der Waals surface area contributed by atoms with Crippen molar-refractivity contribution in [3.8, 4) is 11.3 Å². The average Bonchev–Trinajstić information content (AvgIpc) is 2.68. The SMILES string of the molecule is NCC(N)(c1ccc(F)c(F)c1)c1cc(-c2ccc(C(F)(F)F)c(Cl)c2)ncn1. The molecule has 0 radical (unpaired) electrons. The quantitative estimate of drug-likeness (QED) is 0.609. The molecule has 3 rings (SSSR count). The van der Waals surface area contributed by atoms with Gasteiger partial charge in [0.05, 0.1) is 27.5 Å². The first-order valence-corrected chi connectivity index (χ1v) is 8.58. The Morgan fingerprint density at radius 3 is 2.24 bits per heavy atom. The van der Waals surface area contributed by atoms with Crippen molar-refractivity contribution in [2.24, 2.45) is 11.5 Å². The lowest BCUT2D eigenvalue weighted by Gasteiger charge is -2.28. The fraction of sp³-hybridized carbons (Fsp3) is 0.158. The van der Waals surface area contributed by atoms with E-state index >= 15 is 0 Å². The molecule has 1 atom stereocenters. The number of alkyl halides is 3. The second-order valence-electron chi connectivity index (χ2n) is 6.29. The zero-order valence-corrected chi connectivity index (χ0v) is 15.4. The Hall–Kier alpha value is -2.62. The topological polar surface area (TPSA) is 77.8 Å². The smallest absolute Gasteiger partial charge is 0.328 e. The van der Waals surface area contributed by atoms with Gasteiger partial charge in [-0.3, -0.25) is 0 Å². The van der Waals surface area contributed by atoms with Gasteiger partial charge in [-0.2, -0.15) is 13.2 Å². The number of nitrogens with two attached hydrogens (primary N) is 2. The second kappa shape index (κ2) is 7.66. The third kappa shape index (κ3) is 4.07. The molecule has 1 aromatic heterocycles. The molecule has 0 aliphatic rings. The van der Waals surface area contributed by atoms with E-state index in [1.807, 2.05) is 0 Å². The van der Waals surface area contributed by atoms with Crippen molar-refractivity contribution >= 4 is 11.6 Å². The van der Waals surface area contributed by atoms with Gasteiger partial charge in [-0.15, -0.1) is 0 Å². The van der Waals surface area contributed by atoms with E-state index in [-0.39, 0.29) is 29.1 Å². The van der Waals surface area contributed by atoms with Crippen molar-refractivity contribution in [2.75, 3.05) is 6.54 Å². The van der Waals surface area contributed by atoms with Crippen molar-refractivity contribution in [3.63, 3.8) is 0 Å². The number of rotatable bonds is 4. The molecule has 4 nitrogen and oxygen atoms in total. The lowest BCUT2D eigenvalue weighted by atomic mass is 9.86. The van der Waals surface area contributed by atoms with Gasteiger partial charge in [0.15, 0.2) is 11.6 Å². The summed E-state index contributed by atoms with van der Waals surface area (Å²) in [7, 11) is 0. The highest BCUT2D eigenvalue weighted by Crippen LogP contribution is 2.37. The molecule has 152 valence electrons. The first-order chi connectivity index (χ1) is 13.6. The monoisotopic (exact) mass is 428 g/mol. The van der Waals surface area contributed by atoms with Crippen LogP contribution in [0, 0.1) is 11.6 Å². The molecule has 0 aliphatic heterocycles. The van der Waals surface area contributed by atoms with Gasteiger partial charge in [-0.25, -0.2) is 18.7 Å². The number of nitrogens with zero attached hydrogens (tertiary/aromatic N) is 2. The largest absolute Gasteiger partial charge is 0.417 e. The summed E-state index contributed by atoms with van der Waals surface area (Å²) in [5.41, 5.74) is 10.5. The summed E-state index contributed by atoms with van der Waals surface area (Å²) < 4.78 is 65.6. The molecule has 0 aliphatic carbocycles. The highest BCUT2D eigenvalue weighted by atomic mass is 35.5. The maximum Gasteiger partial charge on any atom is 0.417 e. The second-order valence-corrected chi connectivity index (χ2v) is 6.69. The van der Waals surface area contributed by atoms with Crippen LogP contribution in [0.15, 0.2) is 48.8 Å². The zero-order chi connectivity index (χ0) is 21.4. The number of hydrogen-bond acceptors (Lipinski definition) is 4. The van der Waals surface area contributed by atoms with E-state index < -0.39 is 33.9 Å². The van der Waals surface area contributed by atoms with Crippen LogP contribution in [0.1, 0.15) is 16.8 Å². The van der Waals surface area contributed by atoms with Gasteiger partial charge in [-0.05, 0) is 35.9 Å². The molecule has 3 aromatic rings. The maximum absolute atomic E-state index is 13.7. The molecule has 0 spiro atoms. The minimum Gasteiger partial charge on any atom is -0.328 e. The molecule has 0 saturated carbocycles. The molecule has 0 bridgehead atoms. The van der Waals surface area contributed by atoms with E-state index in [2.05, 4.69) is 9.97 Å². The highest BCUT2D eigenvalue weighted by Gasteiger charge is 2.34. The van der Waals surface area contributed by atoms with E-state index in [4.69, 9.17) is 23.1 Å². The van der Waals surface area contributed by atoms with Crippen LogP contribution >= 0.6 is 11.6 Å². The van der Waals surface area contributed by atoms with Gasteiger partial charge >= 0.3 is 6.18 Å². The third-order valence-corrected chi connectivity index (χ3v) is 4.76. The predicted octanol–water partition coefficient (Wildman–Crippen LogP) is 4.26. The summed E-state index contributed by atoms with van der Waals surface area (Å²) in [5, 5.41) is -0.492. The highest BCUT2D eigenvalue weighted by molar-refractivity contribution is 6.31. The average molecular weight is 429 g/mol. The van der Waals surface area contributed by atoms with Gasteiger partial charge < -0.3 is 11.5 Å². The maximum atomic E-state index is 13.7. The fourth-order valence-electron chi connectivity index (χ4n) is 2.81. The minimum atomic E-state index is -4.59. The van der Waals surface area contributed by atoms with Crippen molar-refractivity contribution < 1.29 is 22.0 Å². The molecular weight excluding hydrogens is 415 g/mol. The molecule has 0 fully saturated rings. The van der Waals surface area contributed by atoms with Crippen LogP contribution in [0.3, 0.4) is 0 Å². The summed E-state index contributed by atoms with van der Waals surface area (Å²) >= 11 is 5.76. The number of benzene rings is 2. The normalized spacial score (nSPS) is 13.9. The Kier molecular flexibility index (Phi) is 5.57. The van der Waals surface area contributed by atoms with E-state index in [0.717, 1.165) is 30.6 Å². The Balaban J connectivity index is 2.06. The lowest BCUT2D eigenvalue weighted by Crippen LogP contribution is -2.46. The molecule has 4 N–H and O–H groups in total. The zero-order valence-electron chi connectivity index (χ0n) is 14.6. The number of halogens is 6. The predicted molar refractivity (Wildman–Crippen MR) is 97.9 cm³/mol. The summed E-state index contributed by atoms with van der Waals surface area (Å²) in [6.07, 6.45) is -3.45. The molecule has 0 saturated heterocycles. The van der Waals surface area contributed by atoms with Crippen LogP contribution in [-0.2, 0) is 11.7 Å². The molecule has 10 heteroatoms. The van der Waals surface area contributed by atoms with Gasteiger partial charge in [0, 0.05) is 12.1 Å². The van der Waals surface area contributed by atoms with E-state index in [1.54, 1.807) is 0 Å². The number of aromatic nitrogens is 2. The van der Waals surface area contributed by atoms with Gasteiger partial charge in [0.25, 0.3) is 0 Å². The lowest BCUT2D eigenvalue weighted by molar-refractivity contribution is -0.137. The molecule has 1 heterocycles. The van der Waals surface area contributed by atoms with Crippen molar-refractivity contribution in [2.45, 2.75) is 11.7 Å². The molecule has 1 unspecified atom stereocenters. The van der Waals surface area contributed by atoms with Gasteiger partial charge in [0.1, 0.15) is 6.33 Å². The standard InChI is InChI=1S/C19H14ClF5N4/c20-13-5-10(1-3-12(13)19(23,24)25)16-7-17(29-9-28-16)18(27,8-26)11-2-4-14(21)15(22)6-11/h1-7,9H,8,26-27H2. The van der Waals surface area contributed by atoms with Crippen LogP contribution in [-0.4, -0.2) is 16.5 Å². The van der Waals surface area contributed by atoms with Crippen molar-refractivity contribution in [3.05, 3.63) is 82.3 Å². The van der Waals surface area contributed by atoms with Crippen LogP contribution < -0.4 is 11.5 Å². The van der Waals surface area contributed by atoms with Gasteiger partial charge in [-0.1, -0.05) is 23.7 Å². The Labute approximate surface area is 167 Å². The molecule has 0 amide bonds. The molecule has 2 aromatic carbocycles.